The Morgan fingerprint density at radius 1 is 1.67 bits per heavy atom. The lowest BCUT2D eigenvalue weighted by molar-refractivity contribution is -0.164. The molecule has 0 spiro atoms. The second-order valence-electron chi connectivity index (χ2n) is 2.21. The first-order valence-corrected chi connectivity index (χ1v) is 3.74. The van der Waals surface area contributed by atoms with Crippen molar-refractivity contribution in [2.45, 2.75) is 6.10 Å². The molecular weight excluding hydrogens is 158 g/mol. The average Bonchev–Trinajstić information content (AvgIpc) is 2.05. The Bertz CT molecular complexity index is 113. The Hall–Kier alpha value is -0.420. The van der Waals surface area contributed by atoms with Gasteiger partial charge in [0.15, 0.2) is 0 Å². The fraction of sp³-hybridized carbons (Fsp3) is 0.625. The van der Waals surface area contributed by atoms with Crippen LogP contribution in [0.3, 0.4) is 0 Å². The number of hydrogen-bond donors (Lipinski definition) is 2. The highest BCUT2D eigenvalue weighted by Gasteiger charge is 2.07. The number of hydrogen-bond acceptors (Lipinski definition) is 4. The van der Waals surface area contributed by atoms with E-state index >= 15 is 0 Å². The summed E-state index contributed by atoms with van der Waals surface area (Å²) >= 11 is 0. The number of rotatable bonds is 7. The Morgan fingerprint density at radius 3 is 2.75 bits per heavy atom. The van der Waals surface area contributed by atoms with Crippen molar-refractivity contribution in [3.05, 3.63) is 19.6 Å². The standard InChI is InChI=1S/C8H15NO3/c1-3-8(11)7-9(5-6-10)12-4-2/h2-3,8,10-11H,1,4-7H2. The highest BCUT2D eigenvalue weighted by atomic mass is 16.7. The van der Waals surface area contributed by atoms with Crippen molar-refractivity contribution in [3.8, 4) is 0 Å². The lowest BCUT2D eigenvalue weighted by atomic mass is 10.3. The van der Waals surface area contributed by atoms with Crippen molar-refractivity contribution in [1.82, 2.24) is 5.06 Å². The maximum Gasteiger partial charge on any atom is 0.0868 e. The largest absolute Gasteiger partial charge is 0.395 e. The zero-order chi connectivity index (χ0) is 9.40. The maximum absolute atomic E-state index is 9.12. The summed E-state index contributed by atoms with van der Waals surface area (Å²) in [6.45, 7) is 9.11. The van der Waals surface area contributed by atoms with Gasteiger partial charge in [0.05, 0.1) is 25.9 Å². The van der Waals surface area contributed by atoms with Crippen molar-refractivity contribution >= 4 is 0 Å². The Morgan fingerprint density at radius 2 is 2.33 bits per heavy atom. The molecule has 0 amide bonds. The van der Waals surface area contributed by atoms with E-state index in [1.807, 2.05) is 0 Å². The molecule has 0 aliphatic heterocycles. The van der Waals surface area contributed by atoms with Crippen LogP contribution in [0.4, 0.5) is 0 Å². The number of hydroxylamine groups is 2. The van der Waals surface area contributed by atoms with E-state index in [1.54, 1.807) is 0 Å². The van der Waals surface area contributed by atoms with Crippen molar-refractivity contribution in [1.29, 1.82) is 0 Å². The second-order valence-corrected chi connectivity index (χ2v) is 2.21. The molecule has 0 aromatic carbocycles. The molecule has 4 heteroatoms. The molecular formula is C8H15NO3. The summed E-state index contributed by atoms with van der Waals surface area (Å²) in [5.74, 6) is 0. The van der Waals surface area contributed by atoms with E-state index in [9.17, 15) is 0 Å². The van der Waals surface area contributed by atoms with Gasteiger partial charge in [0, 0.05) is 6.54 Å². The second kappa shape index (κ2) is 7.24. The highest BCUT2D eigenvalue weighted by Crippen LogP contribution is 1.94. The Labute approximate surface area is 73.0 Å². The van der Waals surface area contributed by atoms with Gasteiger partial charge in [0.1, 0.15) is 0 Å². The van der Waals surface area contributed by atoms with Crippen LogP contribution in [-0.2, 0) is 4.84 Å². The van der Waals surface area contributed by atoms with Gasteiger partial charge in [-0.05, 0) is 6.92 Å². The SMILES string of the molecule is [CH]CON(CCO)CC(O)C=C. The Kier molecular flexibility index (Phi) is 6.99. The summed E-state index contributed by atoms with van der Waals surface area (Å²) in [5.41, 5.74) is 0. The number of aliphatic hydroxyl groups is 2. The molecule has 0 aromatic rings. The molecule has 1 unspecified atom stereocenters. The summed E-state index contributed by atoms with van der Waals surface area (Å²) in [4.78, 5) is 4.90. The zero-order valence-electron chi connectivity index (χ0n) is 7.02. The van der Waals surface area contributed by atoms with Crippen LogP contribution in [0.15, 0.2) is 12.7 Å². The third kappa shape index (κ3) is 5.26. The predicted octanol–water partition coefficient (Wildman–Crippen LogP) is -0.530. The van der Waals surface area contributed by atoms with Gasteiger partial charge in [-0.3, -0.25) is 4.84 Å². The molecule has 0 saturated heterocycles. The van der Waals surface area contributed by atoms with Crippen molar-refractivity contribution in [2.75, 3.05) is 26.3 Å². The molecule has 70 valence electrons. The van der Waals surface area contributed by atoms with Crippen LogP contribution in [0.1, 0.15) is 0 Å². The van der Waals surface area contributed by atoms with Gasteiger partial charge in [-0.2, -0.15) is 5.06 Å². The van der Waals surface area contributed by atoms with Crippen LogP contribution < -0.4 is 0 Å². The van der Waals surface area contributed by atoms with E-state index in [0.29, 0.717) is 6.54 Å². The van der Waals surface area contributed by atoms with Crippen LogP contribution in [0, 0.1) is 6.92 Å². The molecule has 0 rings (SSSR count). The predicted molar refractivity (Wildman–Crippen MR) is 45.1 cm³/mol. The van der Waals surface area contributed by atoms with Gasteiger partial charge in [-0.15, -0.1) is 6.58 Å². The molecule has 1 atom stereocenters. The first kappa shape index (κ1) is 11.6. The van der Waals surface area contributed by atoms with E-state index in [4.69, 9.17) is 22.0 Å². The average molecular weight is 173 g/mol. The first-order chi connectivity index (χ1) is 5.74. The van der Waals surface area contributed by atoms with Gasteiger partial charge in [0.2, 0.25) is 0 Å². The van der Waals surface area contributed by atoms with Crippen LogP contribution in [0.5, 0.6) is 0 Å². The third-order valence-corrected chi connectivity index (χ3v) is 1.27. The van der Waals surface area contributed by atoms with E-state index in [1.165, 1.54) is 11.1 Å². The van der Waals surface area contributed by atoms with E-state index in [0.717, 1.165) is 0 Å². The van der Waals surface area contributed by atoms with Crippen LogP contribution in [0.2, 0.25) is 0 Å². The fourth-order valence-corrected chi connectivity index (χ4v) is 0.709. The summed E-state index contributed by atoms with van der Waals surface area (Å²) in [5, 5.41) is 19.1. The molecule has 0 aliphatic rings. The molecule has 2 radical (unpaired) electrons. The summed E-state index contributed by atoms with van der Waals surface area (Å²) in [6.07, 6.45) is 0.729. The van der Waals surface area contributed by atoms with E-state index in [-0.39, 0.29) is 19.8 Å². The molecule has 12 heavy (non-hydrogen) atoms. The minimum Gasteiger partial charge on any atom is -0.395 e. The van der Waals surface area contributed by atoms with Crippen molar-refractivity contribution in [2.24, 2.45) is 0 Å². The van der Waals surface area contributed by atoms with Crippen molar-refractivity contribution < 1.29 is 15.1 Å². The fourth-order valence-electron chi connectivity index (χ4n) is 0.709. The van der Waals surface area contributed by atoms with Gasteiger partial charge < -0.3 is 10.2 Å². The lowest BCUT2D eigenvalue weighted by Crippen LogP contribution is -2.33. The van der Waals surface area contributed by atoms with Crippen LogP contribution in [-0.4, -0.2) is 47.7 Å². The molecule has 0 fully saturated rings. The summed E-state index contributed by atoms with van der Waals surface area (Å²) in [7, 11) is 0. The highest BCUT2D eigenvalue weighted by molar-refractivity contribution is 4.79. The van der Waals surface area contributed by atoms with E-state index in [2.05, 4.69) is 6.58 Å². The maximum atomic E-state index is 9.12. The quantitative estimate of drug-likeness (QED) is 0.401. The van der Waals surface area contributed by atoms with Crippen LogP contribution >= 0.6 is 0 Å². The van der Waals surface area contributed by atoms with Crippen LogP contribution in [0.25, 0.3) is 0 Å². The molecule has 0 aliphatic carbocycles. The molecule has 0 saturated carbocycles. The van der Waals surface area contributed by atoms with Gasteiger partial charge >= 0.3 is 0 Å². The van der Waals surface area contributed by atoms with E-state index < -0.39 is 6.10 Å². The minimum atomic E-state index is -0.664. The summed E-state index contributed by atoms with van der Waals surface area (Å²) < 4.78 is 0. The number of aliphatic hydroxyl groups excluding tert-OH is 2. The lowest BCUT2D eigenvalue weighted by Gasteiger charge is -2.21. The Balaban J connectivity index is 3.68. The molecule has 4 nitrogen and oxygen atoms in total. The zero-order valence-corrected chi connectivity index (χ0v) is 7.02. The van der Waals surface area contributed by atoms with Crippen molar-refractivity contribution in [3.63, 3.8) is 0 Å². The molecule has 0 bridgehead atoms. The summed E-state index contributed by atoms with van der Waals surface area (Å²) in [6, 6.07) is 0. The normalized spacial score (nSPS) is 13.3. The third-order valence-electron chi connectivity index (χ3n) is 1.27. The van der Waals surface area contributed by atoms with Gasteiger partial charge in [-0.25, -0.2) is 0 Å². The first-order valence-electron chi connectivity index (χ1n) is 3.74. The van der Waals surface area contributed by atoms with Gasteiger partial charge in [-0.1, -0.05) is 6.08 Å². The minimum absolute atomic E-state index is 0.0316. The topological polar surface area (TPSA) is 52.9 Å². The molecule has 2 N–H and O–H groups in total. The monoisotopic (exact) mass is 173 g/mol. The smallest absolute Gasteiger partial charge is 0.0868 e. The number of nitrogens with zero attached hydrogens (tertiary/aromatic N) is 1. The van der Waals surface area contributed by atoms with Gasteiger partial charge in [0.25, 0.3) is 0 Å². The molecule has 0 aromatic heterocycles. The molecule has 0 heterocycles.